The Kier molecular flexibility index (Phi) is 9.42. The molecular formula is C17H28ClN3O3S. The van der Waals surface area contributed by atoms with Crippen molar-refractivity contribution in [3.05, 3.63) is 29.3 Å². The fraction of sp³-hybridized carbons (Fsp3) is 0.588. The van der Waals surface area contributed by atoms with Crippen LogP contribution >= 0.6 is 12.4 Å². The van der Waals surface area contributed by atoms with E-state index in [1.165, 1.54) is 12.0 Å². The Hall–Kier alpha value is -1.15. The minimum atomic E-state index is -3.56. The molecule has 0 aliphatic heterocycles. The molecule has 1 aliphatic carbocycles. The Morgan fingerprint density at radius 3 is 2.52 bits per heavy atom. The molecule has 2 rings (SSSR count). The molecule has 8 heteroatoms. The molecule has 0 saturated carbocycles. The zero-order valence-electron chi connectivity index (χ0n) is 14.6. The summed E-state index contributed by atoms with van der Waals surface area (Å²) in [7, 11) is -1.70. The molecule has 1 aromatic rings. The lowest BCUT2D eigenvalue weighted by Gasteiger charge is -2.16. The van der Waals surface area contributed by atoms with E-state index >= 15 is 0 Å². The average Bonchev–Trinajstić information content (AvgIpc) is 2.58. The summed E-state index contributed by atoms with van der Waals surface area (Å²) >= 11 is 0. The van der Waals surface area contributed by atoms with E-state index in [2.05, 4.69) is 15.4 Å². The molecule has 1 aliphatic rings. The molecule has 0 radical (unpaired) electrons. The van der Waals surface area contributed by atoms with E-state index in [1.807, 2.05) is 13.1 Å². The van der Waals surface area contributed by atoms with Gasteiger partial charge in [-0.2, -0.15) is 0 Å². The van der Waals surface area contributed by atoms with Gasteiger partial charge < -0.3 is 10.6 Å². The van der Waals surface area contributed by atoms with E-state index in [-0.39, 0.29) is 36.2 Å². The van der Waals surface area contributed by atoms with Gasteiger partial charge in [0.2, 0.25) is 15.9 Å². The number of fused-ring (bicyclic) bond motifs is 1. The molecular weight excluding hydrogens is 362 g/mol. The van der Waals surface area contributed by atoms with Gasteiger partial charge in [-0.1, -0.05) is 6.07 Å². The maximum atomic E-state index is 12.3. The summed E-state index contributed by atoms with van der Waals surface area (Å²) in [6.07, 6.45) is 5.23. The van der Waals surface area contributed by atoms with Crippen molar-refractivity contribution in [1.29, 1.82) is 0 Å². The Labute approximate surface area is 156 Å². The molecule has 0 saturated heterocycles. The second kappa shape index (κ2) is 10.8. The molecule has 3 N–H and O–H groups in total. The largest absolute Gasteiger partial charge is 0.356 e. The molecule has 0 fully saturated rings. The second-order valence-electron chi connectivity index (χ2n) is 6.09. The maximum Gasteiger partial charge on any atom is 0.240 e. The van der Waals surface area contributed by atoms with Crippen molar-refractivity contribution in [3.8, 4) is 0 Å². The smallest absolute Gasteiger partial charge is 0.240 e. The first kappa shape index (κ1) is 21.9. The van der Waals surface area contributed by atoms with Crippen LogP contribution in [0.3, 0.4) is 0 Å². The molecule has 0 aromatic heterocycles. The number of amides is 1. The van der Waals surface area contributed by atoms with Gasteiger partial charge in [0.15, 0.2) is 0 Å². The third-order valence-corrected chi connectivity index (χ3v) is 5.66. The van der Waals surface area contributed by atoms with Crippen LogP contribution in [0.1, 0.15) is 36.8 Å². The van der Waals surface area contributed by atoms with Gasteiger partial charge in [0.1, 0.15) is 0 Å². The van der Waals surface area contributed by atoms with Gasteiger partial charge in [-0.3, -0.25) is 4.79 Å². The predicted octanol–water partition coefficient (Wildman–Crippen LogP) is 1.38. The lowest BCUT2D eigenvalue weighted by atomic mass is 9.92. The number of carbonyl (C=O) groups excluding carboxylic acids is 1. The van der Waals surface area contributed by atoms with Crippen molar-refractivity contribution in [2.45, 2.75) is 43.4 Å². The van der Waals surface area contributed by atoms with Crippen LogP contribution in [0, 0.1) is 0 Å². The molecule has 1 amide bonds. The van der Waals surface area contributed by atoms with Crippen LogP contribution in [0.15, 0.2) is 23.1 Å². The van der Waals surface area contributed by atoms with Crippen LogP contribution in [-0.4, -0.2) is 41.0 Å². The summed E-state index contributed by atoms with van der Waals surface area (Å²) < 4.78 is 27.2. The molecule has 0 spiro atoms. The van der Waals surface area contributed by atoms with Gasteiger partial charge in [-0.05, 0) is 69.0 Å². The van der Waals surface area contributed by atoms with Gasteiger partial charge in [0.05, 0.1) is 4.90 Å². The summed E-state index contributed by atoms with van der Waals surface area (Å²) in [6.45, 7) is 1.54. The first-order chi connectivity index (χ1) is 11.5. The fourth-order valence-electron chi connectivity index (χ4n) is 2.84. The number of halogens is 1. The Balaban J connectivity index is 0.00000312. The quantitative estimate of drug-likeness (QED) is 0.557. The number of carbonyl (C=O) groups is 1. The van der Waals surface area contributed by atoms with Crippen LogP contribution < -0.4 is 15.4 Å². The lowest BCUT2D eigenvalue weighted by Crippen LogP contribution is -2.32. The van der Waals surface area contributed by atoms with Gasteiger partial charge in [0.25, 0.3) is 0 Å². The van der Waals surface area contributed by atoms with E-state index in [4.69, 9.17) is 0 Å². The molecule has 6 nitrogen and oxygen atoms in total. The van der Waals surface area contributed by atoms with Crippen LogP contribution in [0.4, 0.5) is 0 Å². The SMILES string of the molecule is CNCCCNC(=O)CCNS(=O)(=O)c1ccc2c(c1)CCCC2.Cl. The minimum Gasteiger partial charge on any atom is -0.356 e. The molecule has 25 heavy (non-hydrogen) atoms. The topological polar surface area (TPSA) is 87.3 Å². The molecule has 142 valence electrons. The normalized spacial score (nSPS) is 13.6. The number of hydrogen-bond acceptors (Lipinski definition) is 4. The summed E-state index contributed by atoms with van der Waals surface area (Å²) in [5, 5.41) is 5.77. The Bertz CT molecular complexity index is 665. The summed E-state index contributed by atoms with van der Waals surface area (Å²) in [5.41, 5.74) is 2.38. The summed E-state index contributed by atoms with van der Waals surface area (Å²) in [6, 6.07) is 5.34. The standard InChI is InChI=1S/C17H27N3O3S.ClH/c1-18-10-4-11-19-17(21)9-12-20-24(22,23)16-8-7-14-5-2-3-6-15(14)13-16;/h7-8,13,18,20H,2-6,9-12H2,1H3,(H,19,21);1H. The highest BCUT2D eigenvalue weighted by Gasteiger charge is 2.17. The number of sulfonamides is 1. The van der Waals surface area contributed by atoms with E-state index in [9.17, 15) is 13.2 Å². The number of hydrogen-bond donors (Lipinski definition) is 3. The molecule has 0 atom stereocenters. The van der Waals surface area contributed by atoms with Crippen LogP contribution in [0.2, 0.25) is 0 Å². The highest BCUT2D eigenvalue weighted by molar-refractivity contribution is 7.89. The van der Waals surface area contributed by atoms with Crippen LogP contribution in [-0.2, 0) is 27.7 Å². The monoisotopic (exact) mass is 389 g/mol. The van der Waals surface area contributed by atoms with Gasteiger partial charge in [0, 0.05) is 19.5 Å². The maximum absolute atomic E-state index is 12.3. The van der Waals surface area contributed by atoms with Gasteiger partial charge in [-0.25, -0.2) is 13.1 Å². The van der Waals surface area contributed by atoms with Crippen molar-refractivity contribution in [2.24, 2.45) is 0 Å². The summed E-state index contributed by atoms with van der Waals surface area (Å²) in [4.78, 5) is 11.9. The first-order valence-corrected chi connectivity index (χ1v) is 10.0. The number of nitrogens with one attached hydrogen (secondary N) is 3. The third kappa shape index (κ3) is 6.93. The van der Waals surface area contributed by atoms with Crippen molar-refractivity contribution < 1.29 is 13.2 Å². The third-order valence-electron chi connectivity index (χ3n) is 4.20. The highest BCUT2D eigenvalue weighted by Crippen LogP contribution is 2.23. The van der Waals surface area contributed by atoms with Crippen molar-refractivity contribution in [1.82, 2.24) is 15.4 Å². The van der Waals surface area contributed by atoms with E-state index in [0.717, 1.165) is 37.8 Å². The predicted molar refractivity (Wildman–Crippen MR) is 102 cm³/mol. The fourth-order valence-corrected chi connectivity index (χ4v) is 3.92. The molecule has 0 heterocycles. The van der Waals surface area contributed by atoms with E-state index in [0.29, 0.717) is 6.54 Å². The van der Waals surface area contributed by atoms with Crippen LogP contribution in [0.25, 0.3) is 0 Å². The zero-order chi connectivity index (χ0) is 17.4. The average molecular weight is 390 g/mol. The highest BCUT2D eigenvalue weighted by atomic mass is 35.5. The Morgan fingerprint density at radius 2 is 1.80 bits per heavy atom. The molecule has 0 unspecified atom stereocenters. The van der Waals surface area contributed by atoms with Gasteiger partial charge in [-0.15, -0.1) is 12.4 Å². The zero-order valence-corrected chi connectivity index (χ0v) is 16.3. The van der Waals surface area contributed by atoms with Crippen molar-refractivity contribution in [3.63, 3.8) is 0 Å². The number of benzene rings is 1. The van der Waals surface area contributed by atoms with Crippen LogP contribution in [0.5, 0.6) is 0 Å². The molecule has 1 aromatic carbocycles. The summed E-state index contributed by atoms with van der Waals surface area (Å²) in [5.74, 6) is -0.140. The number of aryl methyl sites for hydroxylation is 2. The van der Waals surface area contributed by atoms with Crippen molar-refractivity contribution >= 4 is 28.3 Å². The first-order valence-electron chi connectivity index (χ1n) is 8.56. The second-order valence-corrected chi connectivity index (χ2v) is 7.86. The lowest BCUT2D eigenvalue weighted by molar-refractivity contribution is -0.120. The van der Waals surface area contributed by atoms with Crippen molar-refractivity contribution in [2.75, 3.05) is 26.7 Å². The molecule has 0 bridgehead atoms. The minimum absolute atomic E-state index is 0. The Morgan fingerprint density at radius 1 is 1.08 bits per heavy atom. The van der Waals surface area contributed by atoms with Gasteiger partial charge >= 0.3 is 0 Å². The number of rotatable bonds is 9. The van der Waals surface area contributed by atoms with E-state index in [1.54, 1.807) is 12.1 Å². The van der Waals surface area contributed by atoms with E-state index < -0.39 is 10.0 Å².